The number of aryl methyl sites for hydroxylation is 2. The van der Waals surface area contributed by atoms with Crippen LogP contribution < -0.4 is 10.2 Å². The fraction of sp³-hybridized carbons (Fsp3) is 0.0938. The van der Waals surface area contributed by atoms with Gasteiger partial charge in [0.25, 0.3) is 0 Å². The van der Waals surface area contributed by atoms with Gasteiger partial charge in [-0.1, -0.05) is 78.4 Å². The standard InChI is InChI=1S/C32H26N6/c1-21-17-19-25(20-18-21)38-31-28(22(2)36-38)29(23-11-5-3-6-12-23)37-27-16-10-9-15-26(27)34-30(32(37)35-31)33-24-13-7-4-8-14-24/h3-20,29H,1-2H3,(H,33,34). The van der Waals surface area contributed by atoms with Crippen molar-refractivity contribution in [2.45, 2.75) is 19.9 Å². The van der Waals surface area contributed by atoms with Crippen LogP contribution in [0.5, 0.6) is 0 Å². The fourth-order valence-electron chi connectivity index (χ4n) is 5.27. The number of aromatic nitrogens is 2. The minimum absolute atomic E-state index is 0.123. The van der Waals surface area contributed by atoms with Crippen LogP contribution in [0.25, 0.3) is 5.69 Å². The predicted octanol–water partition coefficient (Wildman–Crippen LogP) is 7.28. The first-order valence-electron chi connectivity index (χ1n) is 12.8. The minimum Gasteiger partial charge on any atom is -0.337 e. The third kappa shape index (κ3) is 3.61. The second kappa shape index (κ2) is 8.85. The van der Waals surface area contributed by atoms with Crippen LogP contribution in [0, 0.1) is 13.8 Å². The monoisotopic (exact) mass is 494 g/mol. The molecule has 7 rings (SSSR count). The largest absolute Gasteiger partial charge is 0.337 e. The molecule has 0 aliphatic carbocycles. The lowest BCUT2D eigenvalue weighted by Crippen LogP contribution is -2.46. The molecular weight excluding hydrogens is 468 g/mol. The van der Waals surface area contributed by atoms with E-state index in [1.54, 1.807) is 0 Å². The average Bonchev–Trinajstić information content (AvgIpc) is 3.29. The van der Waals surface area contributed by atoms with E-state index in [1.165, 1.54) is 11.1 Å². The Morgan fingerprint density at radius 1 is 0.711 bits per heavy atom. The van der Waals surface area contributed by atoms with Crippen molar-refractivity contribution in [3.8, 4) is 5.69 Å². The van der Waals surface area contributed by atoms with Crippen LogP contribution in [-0.2, 0) is 0 Å². The second-order valence-electron chi connectivity index (χ2n) is 9.63. The molecule has 0 saturated carbocycles. The Kier molecular flexibility index (Phi) is 5.18. The molecule has 0 amide bonds. The Balaban J connectivity index is 1.50. The Morgan fingerprint density at radius 3 is 2.16 bits per heavy atom. The van der Waals surface area contributed by atoms with Gasteiger partial charge in [-0.15, -0.1) is 0 Å². The second-order valence-corrected chi connectivity index (χ2v) is 9.63. The summed E-state index contributed by atoms with van der Waals surface area (Å²) in [4.78, 5) is 12.6. The molecule has 184 valence electrons. The third-order valence-corrected chi connectivity index (χ3v) is 7.07. The van der Waals surface area contributed by atoms with Gasteiger partial charge in [-0.3, -0.25) is 0 Å². The van der Waals surface area contributed by atoms with Crippen molar-refractivity contribution in [3.63, 3.8) is 0 Å². The molecule has 1 N–H and O–H groups in total. The van der Waals surface area contributed by atoms with Crippen LogP contribution in [0.2, 0.25) is 0 Å². The molecule has 6 nitrogen and oxygen atoms in total. The number of nitrogens with zero attached hydrogens (tertiary/aromatic N) is 5. The number of aliphatic imine (C=N–C) groups is 2. The first-order valence-corrected chi connectivity index (χ1v) is 12.8. The highest BCUT2D eigenvalue weighted by Crippen LogP contribution is 2.48. The number of hydrogen-bond acceptors (Lipinski definition) is 5. The molecule has 0 bridgehead atoms. The van der Waals surface area contributed by atoms with Crippen molar-refractivity contribution in [1.29, 1.82) is 0 Å². The molecule has 5 aromatic rings. The van der Waals surface area contributed by atoms with Crippen molar-refractivity contribution >= 4 is 34.6 Å². The van der Waals surface area contributed by atoms with E-state index in [-0.39, 0.29) is 6.04 Å². The Hall–Kier alpha value is -4.97. The van der Waals surface area contributed by atoms with E-state index >= 15 is 0 Å². The summed E-state index contributed by atoms with van der Waals surface area (Å²) >= 11 is 0. The highest BCUT2D eigenvalue weighted by atomic mass is 15.4. The van der Waals surface area contributed by atoms with E-state index in [0.717, 1.165) is 45.7 Å². The molecule has 4 aromatic carbocycles. The summed E-state index contributed by atoms with van der Waals surface area (Å²) in [5.41, 5.74) is 8.28. The first kappa shape index (κ1) is 22.2. The summed E-state index contributed by atoms with van der Waals surface area (Å²) in [6.45, 7) is 4.17. The van der Waals surface area contributed by atoms with Crippen molar-refractivity contribution in [1.82, 2.24) is 9.78 Å². The minimum atomic E-state index is -0.123. The summed E-state index contributed by atoms with van der Waals surface area (Å²) in [6, 6.07) is 37.3. The lowest BCUT2D eigenvalue weighted by Gasteiger charge is -2.40. The Labute approximate surface area is 221 Å². The smallest absolute Gasteiger partial charge is 0.179 e. The molecule has 1 atom stereocenters. The fourth-order valence-corrected chi connectivity index (χ4v) is 5.27. The maximum absolute atomic E-state index is 5.29. The van der Waals surface area contributed by atoms with Gasteiger partial charge in [-0.25, -0.2) is 14.7 Å². The molecule has 0 spiro atoms. The molecular formula is C32H26N6. The Morgan fingerprint density at radius 2 is 1.39 bits per heavy atom. The van der Waals surface area contributed by atoms with Gasteiger partial charge in [0.1, 0.15) is 0 Å². The van der Waals surface area contributed by atoms with E-state index in [0.29, 0.717) is 5.84 Å². The maximum atomic E-state index is 5.29. The molecule has 38 heavy (non-hydrogen) atoms. The molecule has 0 radical (unpaired) electrons. The number of rotatable bonds is 3. The van der Waals surface area contributed by atoms with Gasteiger partial charge in [-0.05, 0) is 55.8 Å². The molecule has 2 aliphatic heterocycles. The number of fused-ring (bicyclic) bond motifs is 4. The maximum Gasteiger partial charge on any atom is 0.179 e. The lowest BCUT2D eigenvalue weighted by atomic mass is 9.93. The van der Waals surface area contributed by atoms with E-state index in [9.17, 15) is 0 Å². The number of nitrogens with one attached hydrogen (secondary N) is 1. The molecule has 3 heterocycles. The zero-order chi connectivity index (χ0) is 25.6. The zero-order valence-corrected chi connectivity index (χ0v) is 21.2. The van der Waals surface area contributed by atoms with Gasteiger partial charge in [0, 0.05) is 11.3 Å². The summed E-state index contributed by atoms with van der Waals surface area (Å²) in [6.07, 6.45) is 0. The molecule has 1 unspecified atom stereocenters. The van der Waals surface area contributed by atoms with Crippen molar-refractivity contribution in [2.75, 3.05) is 10.2 Å². The van der Waals surface area contributed by atoms with Crippen LogP contribution in [0.1, 0.15) is 28.4 Å². The van der Waals surface area contributed by atoms with Gasteiger partial charge in [0.2, 0.25) is 0 Å². The van der Waals surface area contributed by atoms with Crippen LogP contribution in [0.3, 0.4) is 0 Å². The molecule has 2 aliphatic rings. The number of anilines is 2. The predicted molar refractivity (Wildman–Crippen MR) is 154 cm³/mol. The van der Waals surface area contributed by atoms with E-state index in [2.05, 4.69) is 96.9 Å². The SMILES string of the molecule is Cc1ccc(-n2nc(C)c3c2N=C2C(Nc4ccccc4)=Nc4ccccc4N2C3c2ccccc2)cc1. The summed E-state index contributed by atoms with van der Waals surface area (Å²) in [7, 11) is 0. The summed E-state index contributed by atoms with van der Waals surface area (Å²) < 4.78 is 1.96. The van der Waals surface area contributed by atoms with Crippen LogP contribution in [0.4, 0.5) is 22.9 Å². The first-order chi connectivity index (χ1) is 18.7. The van der Waals surface area contributed by atoms with Crippen molar-refractivity contribution in [2.24, 2.45) is 9.98 Å². The highest BCUT2D eigenvalue weighted by Gasteiger charge is 2.41. The van der Waals surface area contributed by atoms with Gasteiger partial charge in [0.15, 0.2) is 17.5 Å². The van der Waals surface area contributed by atoms with Gasteiger partial charge >= 0.3 is 0 Å². The summed E-state index contributed by atoms with van der Waals surface area (Å²) in [5, 5.41) is 8.56. The van der Waals surface area contributed by atoms with Crippen molar-refractivity contribution in [3.05, 3.63) is 132 Å². The quantitative estimate of drug-likeness (QED) is 0.287. The van der Waals surface area contributed by atoms with Gasteiger partial charge in [-0.2, -0.15) is 5.10 Å². The highest BCUT2D eigenvalue weighted by molar-refractivity contribution is 6.51. The van der Waals surface area contributed by atoms with Crippen LogP contribution >= 0.6 is 0 Å². The number of para-hydroxylation sites is 3. The van der Waals surface area contributed by atoms with E-state index in [4.69, 9.17) is 15.1 Å². The topological polar surface area (TPSA) is 57.8 Å². The number of benzene rings is 4. The number of amidine groups is 2. The lowest BCUT2D eigenvalue weighted by molar-refractivity contribution is 0.815. The summed E-state index contributed by atoms with van der Waals surface area (Å²) in [5.74, 6) is 2.30. The molecule has 6 heteroatoms. The third-order valence-electron chi connectivity index (χ3n) is 7.07. The van der Waals surface area contributed by atoms with Crippen LogP contribution in [-0.4, -0.2) is 21.5 Å². The van der Waals surface area contributed by atoms with Gasteiger partial charge < -0.3 is 10.2 Å². The average molecular weight is 495 g/mol. The van der Waals surface area contributed by atoms with Crippen LogP contribution in [0.15, 0.2) is 119 Å². The molecule has 1 aromatic heterocycles. The normalized spacial score (nSPS) is 15.6. The van der Waals surface area contributed by atoms with Gasteiger partial charge in [0.05, 0.1) is 28.8 Å². The van der Waals surface area contributed by atoms with E-state index < -0.39 is 0 Å². The Bertz CT molecular complexity index is 1700. The molecule has 0 saturated heterocycles. The van der Waals surface area contributed by atoms with E-state index in [1.807, 2.05) is 41.1 Å². The number of hydrogen-bond donors (Lipinski definition) is 1. The zero-order valence-electron chi connectivity index (χ0n) is 21.2. The van der Waals surface area contributed by atoms with Crippen molar-refractivity contribution < 1.29 is 0 Å². The molecule has 0 fully saturated rings.